The molecule has 0 aromatic rings. The van der Waals surface area contributed by atoms with Gasteiger partial charge in [0.05, 0.1) is 12.2 Å². The number of carboxylic acid groups (broad SMARTS) is 1. The van der Waals surface area contributed by atoms with Gasteiger partial charge in [-0.05, 0) is 26.7 Å². The van der Waals surface area contributed by atoms with Gasteiger partial charge in [0.25, 0.3) is 0 Å². The van der Waals surface area contributed by atoms with Gasteiger partial charge in [-0.2, -0.15) is 0 Å². The molecule has 0 spiro atoms. The van der Waals surface area contributed by atoms with E-state index in [0.717, 1.165) is 0 Å². The van der Waals surface area contributed by atoms with Crippen LogP contribution in [0, 0.1) is 0 Å². The minimum Gasteiger partial charge on any atom is -0.481 e. The molecule has 0 aromatic carbocycles. The molecular weight excluding hydrogens is 224 g/mol. The van der Waals surface area contributed by atoms with Crippen LogP contribution < -0.4 is 0 Å². The van der Waals surface area contributed by atoms with Crippen LogP contribution in [0.25, 0.3) is 0 Å². The number of carboxylic acids is 1. The van der Waals surface area contributed by atoms with Gasteiger partial charge in [0, 0.05) is 27.1 Å². The molecule has 1 atom stereocenters. The first-order chi connectivity index (χ1) is 7.91. The van der Waals surface area contributed by atoms with Gasteiger partial charge in [-0.15, -0.1) is 0 Å². The van der Waals surface area contributed by atoms with Crippen molar-refractivity contribution >= 4 is 5.97 Å². The van der Waals surface area contributed by atoms with Gasteiger partial charge in [0.1, 0.15) is 0 Å². The first-order valence-corrected chi connectivity index (χ1v) is 5.82. The summed E-state index contributed by atoms with van der Waals surface area (Å²) in [6, 6.07) is 0. The molecule has 0 amide bonds. The molecule has 0 bridgehead atoms. The molecule has 0 aliphatic heterocycles. The maximum Gasteiger partial charge on any atom is 0.303 e. The molecule has 0 saturated heterocycles. The van der Waals surface area contributed by atoms with E-state index >= 15 is 0 Å². The molecule has 0 radical (unpaired) electrons. The lowest BCUT2D eigenvalue weighted by Gasteiger charge is -2.30. The third-order valence-corrected chi connectivity index (χ3v) is 2.44. The first-order valence-electron chi connectivity index (χ1n) is 5.82. The summed E-state index contributed by atoms with van der Waals surface area (Å²) in [5, 5.41) is 8.57. The van der Waals surface area contributed by atoms with Crippen molar-refractivity contribution in [2.24, 2.45) is 0 Å². The number of rotatable bonds is 10. The van der Waals surface area contributed by atoms with E-state index in [-0.39, 0.29) is 18.3 Å². The van der Waals surface area contributed by atoms with Crippen LogP contribution in [0.15, 0.2) is 0 Å². The Bertz CT molecular complexity index is 215. The second kappa shape index (κ2) is 8.44. The van der Waals surface area contributed by atoms with Gasteiger partial charge in [0.2, 0.25) is 0 Å². The van der Waals surface area contributed by atoms with Crippen molar-refractivity contribution < 1.29 is 24.1 Å². The summed E-state index contributed by atoms with van der Waals surface area (Å²) >= 11 is 0. The Morgan fingerprint density at radius 2 is 2.00 bits per heavy atom. The van der Waals surface area contributed by atoms with Crippen molar-refractivity contribution in [2.75, 3.05) is 20.8 Å². The fourth-order valence-electron chi connectivity index (χ4n) is 1.52. The molecule has 1 N–H and O–H groups in total. The Labute approximate surface area is 103 Å². The molecule has 0 saturated carbocycles. The zero-order valence-electron chi connectivity index (χ0n) is 11.2. The van der Waals surface area contributed by atoms with Crippen molar-refractivity contribution in [3.63, 3.8) is 0 Å². The highest BCUT2D eigenvalue weighted by atomic mass is 16.7. The van der Waals surface area contributed by atoms with Crippen LogP contribution in [0.5, 0.6) is 0 Å². The number of hydrogen-bond acceptors (Lipinski definition) is 4. The zero-order chi connectivity index (χ0) is 13.3. The Balaban J connectivity index is 3.97. The average molecular weight is 248 g/mol. The minimum absolute atomic E-state index is 0.169. The van der Waals surface area contributed by atoms with E-state index in [0.29, 0.717) is 25.9 Å². The number of carbonyl (C=O) groups is 1. The van der Waals surface area contributed by atoms with Crippen LogP contribution in [0.4, 0.5) is 0 Å². The second-order valence-electron chi connectivity index (χ2n) is 4.57. The maximum atomic E-state index is 10.4. The topological polar surface area (TPSA) is 65.0 Å². The fourth-order valence-corrected chi connectivity index (χ4v) is 1.52. The molecule has 0 fully saturated rings. The average Bonchev–Trinajstić information content (AvgIpc) is 2.23. The molecule has 0 unspecified atom stereocenters. The van der Waals surface area contributed by atoms with Gasteiger partial charge in [-0.1, -0.05) is 0 Å². The lowest BCUT2D eigenvalue weighted by molar-refractivity contribution is -0.196. The Kier molecular flexibility index (Phi) is 8.12. The molecule has 0 heterocycles. The van der Waals surface area contributed by atoms with Gasteiger partial charge >= 0.3 is 5.97 Å². The van der Waals surface area contributed by atoms with Crippen molar-refractivity contribution in [1.29, 1.82) is 0 Å². The summed E-state index contributed by atoms with van der Waals surface area (Å²) in [5.41, 5.74) is -0.385. The fraction of sp³-hybridized carbons (Fsp3) is 0.917. The van der Waals surface area contributed by atoms with Crippen molar-refractivity contribution in [3.8, 4) is 0 Å². The lowest BCUT2D eigenvalue weighted by atomic mass is 10.0. The van der Waals surface area contributed by atoms with E-state index in [1.807, 2.05) is 13.8 Å². The van der Waals surface area contributed by atoms with Crippen LogP contribution in [-0.4, -0.2) is 43.8 Å². The molecular formula is C12H24O5. The largest absolute Gasteiger partial charge is 0.481 e. The predicted molar refractivity (Wildman–Crippen MR) is 63.9 cm³/mol. The second-order valence-corrected chi connectivity index (χ2v) is 4.57. The van der Waals surface area contributed by atoms with Gasteiger partial charge in [-0.25, -0.2) is 0 Å². The molecule has 0 aliphatic carbocycles. The van der Waals surface area contributed by atoms with Crippen molar-refractivity contribution in [1.82, 2.24) is 0 Å². The monoisotopic (exact) mass is 248 g/mol. The zero-order valence-corrected chi connectivity index (χ0v) is 11.2. The smallest absolute Gasteiger partial charge is 0.303 e. The lowest BCUT2D eigenvalue weighted by Crippen LogP contribution is -2.32. The van der Waals surface area contributed by atoms with E-state index in [2.05, 4.69) is 0 Å². The predicted octanol–water partition coefficient (Wildman–Crippen LogP) is 2.05. The Hall–Kier alpha value is -0.650. The molecule has 5 heteroatoms. The number of hydrogen-bond donors (Lipinski definition) is 1. The summed E-state index contributed by atoms with van der Waals surface area (Å²) in [7, 11) is 3.22. The molecule has 0 rings (SSSR count). The van der Waals surface area contributed by atoms with E-state index in [9.17, 15) is 4.79 Å². The van der Waals surface area contributed by atoms with E-state index < -0.39 is 5.97 Å². The van der Waals surface area contributed by atoms with Crippen LogP contribution in [0.2, 0.25) is 0 Å². The summed E-state index contributed by atoms with van der Waals surface area (Å²) in [6.45, 7) is 4.45. The number of ether oxygens (including phenoxy) is 3. The van der Waals surface area contributed by atoms with Gasteiger partial charge in [0.15, 0.2) is 6.29 Å². The molecule has 102 valence electrons. The number of aliphatic carboxylic acids is 1. The third-order valence-electron chi connectivity index (χ3n) is 2.44. The molecule has 0 aliphatic rings. The van der Waals surface area contributed by atoms with E-state index in [1.54, 1.807) is 14.2 Å². The van der Waals surface area contributed by atoms with Gasteiger partial charge in [-0.3, -0.25) is 4.79 Å². The van der Waals surface area contributed by atoms with Crippen molar-refractivity contribution in [3.05, 3.63) is 0 Å². The quantitative estimate of drug-likeness (QED) is 0.599. The normalized spacial score (nSPS) is 13.6. The van der Waals surface area contributed by atoms with Gasteiger partial charge < -0.3 is 19.3 Å². The van der Waals surface area contributed by atoms with Crippen molar-refractivity contribution in [2.45, 2.75) is 51.4 Å². The highest BCUT2D eigenvalue weighted by Crippen LogP contribution is 2.21. The minimum atomic E-state index is -0.775. The Morgan fingerprint density at radius 1 is 1.35 bits per heavy atom. The third kappa shape index (κ3) is 9.09. The highest BCUT2D eigenvalue weighted by Gasteiger charge is 2.23. The first kappa shape index (κ1) is 16.4. The maximum absolute atomic E-state index is 10.4. The van der Waals surface area contributed by atoms with Crippen LogP contribution in [0.1, 0.15) is 39.5 Å². The Morgan fingerprint density at radius 3 is 2.47 bits per heavy atom. The van der Waals surface area contributed by atoms with Crippen LogP contribution >= 0.6 is 0 Å². The van der Waals surface area contributed by atoms with Crippen LogP contribution in [0.3, 0.4) is 0 Å². The summed E-state index contributed by atoms with van der Waals surface area (Å²) in [4.78, 5) is 10.4. The SMILES string of the molecule is COCC[C@H](OC)OC(C)(C)CCCC(=O)O. The van der Waals surface area contributed by atoms with E-state index in [1.165, 1.54) is 0 Å². The molecule has 17 heavy (non-hydrogen) atoms. The van der Waals surface area contributed by atoms with E-state index in [4.69, 9.17) is 19.3 Å². The summed E-state index contributed by atoms with van der Waals surface area (Å²) in [6.07, 6.45) is 1.81. The molecule has 0 aromatic heterocycles. The highest BCUT2D eigenvalue weighted by molar-refractivity contribution is 5.66. The number of methoxy groups -OCH3 is 2. The summed E-state index contributed by atoms with van der Waals surface area (Å²) < 4.78 is 15.9. The standard InChI is InChI=1S/C12H24O5/c1-12(2,8-5-6-10(13)14)17-11(16-4)7-9-15-3/h11H,5-9H2,1-4H3,(H,13,14)/t11-/m1/s1. The van der Waals surface area contributed by atoms with Crippen LogP contribution in [-0.2, 0) is 19.0 Å². The summed E-state index contributed by atoms with van der Waals surface area (Å²) in [5.74, 6) is -0.775. The molecule has 5 nitrogen and oxygen atoms in total.